The second kappa shape index (κ2) is 7.18. The lowest BCUT2D eigenvalue weighted by atomic mass is 10.1. The van der Waals surface area contributed by atoms with Gasteiger partial charge in [0.1, 0.15) is 6.33 Å². The predicted molar refractivity (Wildman–Crippen MR) is 84.7 cm³/mol. The topological polar surface area (TPSA) is 87.0 Å². The van der Waals surface area contributed by atoms with Crippen molar-refractivity contribution in [3.63, 3.8) is 0 Å². The molecule has 0 saturated carbocycles. The maximum absolute atomic E-state index is 13.2. The molecule has 1 aromatic heterocycles. The number of Topliss-reactive ketones (excluding diaryl/α,β-unsaturated/α-hetero) is 1. The first-order valence-electron chi connectivity index (χ1n) is 7.49. The van der Waals surface area contributed by atoms with E-state index < -0.39 is 29.5 Å². The van der Waals surface area contributed by atoms with Crippen LogP contribution < -0.4 is 0 Å². The Bertz CT molecular complexity index is 943. The van der Waals surface area contributed by atoms with Crippen molar-refractivity contribution in [1.82, 2.24) is 20.2 Å². The summed E-state index contributed by atoms with van der Waals surface area (Å²) in [5.41, 5.74) is 0.766. The molecule has 1 heterocycles. The van der Waals surface area contributed by atoms with Gasteiger partial charge in [-0.25, -0.2) is 18.3 Å². The van der Waals surface area contributed by atoms with Crippen molar-refractivity contribution in [2.45, 2.75) is 13.0 Å². The van der Waals surface area contributed by atoms with Crippen LogP contribution in [0.4, 0.5) is 8.78 Å². The molecule has 3 rings (SSSR count). The maximum Gasteiger partial charge on any atom is 0.338 e. The molecule has 7 nitrogen and oxygen atoms in total. The number of carbonyl (C=O) groups excluding carboxylic acids is 2. The van der Waals surface area contributed by atoms with Crippen LogP contribution in [-0.2, 0) is 4.74 Å². The van der Waals surface area contributed by atoms with Gasteiger partial charge >= 0.3 is 5.97 Å². The number of tetrazole rings is 1. The van der Waals surface area contributed by atoms with Gasteiger partial charge in [0.2, 0.25) is 5.78 Å². The average Bonchev–Trinajstić information content (AvgIpc) is 3.18. The third-order valence-corrected chi connectivity index (χ3v) is 3.57. The Hall–Kier alpha value is -3.49. The zero-order valence-corrected chi connectivity index (χ0v) is 13.5. The van der Waals surface area contributed by atoms with E-state index in [4.69, 9.17) is 4.74 Å². The van der Waals surface area contributed by atoms with E-state index in [9.17, 15) is 18.4 Å². The molecule has 0 fully saturated rings. The third kappa shape index (κ3) is 3.61. The lowest BCUT2D eigenvalue weighted by Crippen LogP contribution is -2.24. The fourth-order valence-electron chi connectivity index (χ4n) is 2.20. The first-order chi connectivity index (χ1) is 12.5. The Morgan fingerprint density at radius 2 is 1.73 bits per heavy atom. The second-order valence-corrected chi connectivity index (χ2v) is 5.34. The van der Waals surface area contributed by atoms with Crippen LogP contribution in [0.3, 0.4) is 0 Å². The Morgan fingerprint density at radius 3 is 2.35 bits per heavy atom. The van der Waals surface area contributed by atoms with Crippen LogP contribution >= 0.6 is 0 Å². The van der Waals surface area contributed by atoms with Crippen LogP contribution in [0.5, 0.6) is 0 Å². The lowest BCUT2D eigenvalue weighted by Gasteiger charge is -2.12. The molecule has 3 aromatic rings. The van der Waals surface area contributed by atoms with Crippen LogP contribution in [0.1, 0.15) is 27.6 Å². The van der Waals surface area contributed by atoms with E-state index in [2.05, 4.69) is 15.5 Å². The summed E-state index contributed by atoms with van der Waals surface area (Å²) < 4.78 is 32.7. The minimum absolute atomic E-state index is 0.0850. The summed E-state index contributed by atoms with van der Waals surface area (Å²) in [6.45, 7) is 1.36. The first-order valence-corrected chi connectivity index (χ1v) is 7.49. The van der Waals surface area contributed by atoms with Gasteiger partial charge in [-0.1, -0.05) is 0 Å². The van der Waals surface area contributed by atoms with E-state index in [-0.39, 0.29) is 11.1 Å². The first kappa shape index (κ1) is 17.3. The summed E-state index contributed by atoms with van der Waals surface area (Å²) in [7, 11) is 0. The minimum Gasteiger partial charge on any atom is -0.451 e. The van der Waals surface area contributed by atoms with E-state index in [1.807, 2.05) is 0 Å². The van der Waals surface area contributed by atoms with Gasteiger partial charge in [0.25, 0.3) is 0 Å². The standard InChI is InChI=1S/C17H12F2N4O3/c1-10(16(24)12-4-7-14(18)15(19)8-12)26-17(25)11-2-5-13(6-3-11)23-9-20-21-22-23/h2-10H,1H3. The highest BCUT2D eigenvalue weighted by atomic mass is 19.2. The van der Waals surface area contributed by atoms with Gasteiger partial charge in [-0.2, -0.15) is 0 Å². The molecule has 0 aliphatic rings. The summed E-state index contributed by atoms with van der Waals surface area (Å²) in [5.74, 6) is -3.57. The minimum atomic E-state index is -1.16. The molecular formula is C17H12F2N4O3. The quantitative estimate of drug-likeness (QED) is 0.514. The van der Waals surface area contributed by atoms with Gasteiger partial charge in [0, 0.05) is 5.56 Å². The molecule has 0 radical (unpaired) electrons. The summed E-state index contributed by atoms with van der Waals surface area (Å²) in [5, 5.41) is 10.7. The molecule has 0 aliphatic heterocycles. The molecule has 0 N–H and O–H groups in total. The molecule has 0 bridgehead atoms. The molecule has 0 amide bonds. The van der Waals surface area contributed by atoms with E-state index in [0.717, 1.165) is 18.2 Å². The Balaban J connectivity index is 1.68. The number of esters is 1. The number of benzene rings is 2. The number of halogens is 2. The number of nitrogens with zero attached hydrogens (tertiary/aromatic N) is 4. The van der Waals surface area contributed by atoms with Crippen molar-refractivity contribution in [2.75, 3.05) is 0 Å². The summed E-state index contributed by atoms with van der Waals surface area (Å²) >= 11 is 0. The normalized spacial score (nSPS) is 11.8. The van der Waals surface area contributed by atoms with Crippen molar-refractivity contribution >= 4 is 11.8 Å². The Kier molecular flexibility index (Phi) is 4.78. The van der Waals surface area contributed by atoms with E-state index in [1.165, 1.54) is 30.1 Å². The number of rotatable bonds is 5. The summed E-state index contributed by atoms with van der Waals surface area (Å²) in [4.78, 5) is 24.3. The van der Waals surface area contributed by atoms with E-state index in [0.29, 0.717) is 5.69 Å². The van der Waals surface area contributed by atoms with Crippen LogP contribution in [0.25, 0.3) is 5.69 Å². The number of carbonyl (C=O) groups is 2. The largest absolute Gasteiger partial charge is 0.451 e. The molecule has 26 heavy (non-hydrogen) atoms. The van der Waals surface area contributed by atoms with Crippen molar-refractivity contribution in [1.29, 1.82) is 0 Å². The summed E-state index contributed by atoms with van der Waals surface area (Å²) in [6, 6.07) is 8.94. The molecule has 1 unspecified atom stereocenters. The maximum atomic E-state index is 13.2. The lowest BCUT2D eigenvalue weighted by molar-refractivity contribution is 0.0318. The average molecular weight is 358 g/mol. The molecule has 0 aliphatic carbocycles. The molecule has 132 valence electrons. The third-order valence-electron chi connectivity index (χ3n) is 3.57. The smallest absolute Gasteiger partial charge is 0.338 e. The highest BCUT2D eigenvalue weighted by molar-refractivity contribution is 6.01. The molecule has 1 atom stereocenters. The van der Waals surface area contributed by atoms with Crippen LogP contribution in [0, 0.1) is 11.6 Å². The fraction of sp³-hybridized carbons (Fsp3) is 0.118. The van der Waals surface area contributed by atoms with Gasteiger partial charge in [-0.3, -0.25) is 4.79 Å². The Morgan fingerprint density at radius 1 is 1.04 bits per heavy atom. The van der Waals surface area contributed by atoms with Gasteiger partial charge < -0.3 is 4.74 Å². The summed E-state index contributed by atoms with van der Waals surface area (Å²) in [6.07, 6.45) is 0.238. The SMILES string of the molecule is CC(OC(=O)c1ccc(-n2cnnn2)cc1)C(=O)c1ccc(F)c(F)c1. The molecule has 0 saturated heterocycles. The predicted octanol–water partition coefficient (Wildman–Crippen LogP) is 2.37. The van der Waals surface area contributed by atoms with Crippen molar-refractivity contribution < 1.29 is 23.1 Å². The molecular weight excluding hydrogens is 346 g/mol. The number of hydrogen-bond acceptors (Lipinski definition) is 6. The zero-order valence-electron chi connectivity index (χ0n) is 13.5. The van der Waals surface area contributed by atoms with Gasteiger partial charge in [-0.15, -0.1) is 5.10 Å². The second-order valence-electron chi connectivity index (χ2n) is 5.34. The van der Waals surface area contributed by atoms with Gasteiger partial charge in [-0.05, 0) is 59.8 Å². The molecule has 9 heteroatoms. The van der Waals surface area contributed by atoms with E-state index >= 15 is 0 Å². The van der Waals surface area contributed by atoms with Gasteiger partial charge in [0.05, 0.1) is 11.3 Å². The van der Waals surface area contributed by atoms with Crippen LogP contribution in [0.2, 0.25) is 0 Å². The monoisotopic (exact) mass is 358 g/mol. The number of ketones is 1. The highest BCUT2D eigenvalue weighted by Gasteiger charge is 2.21. The number of ether oxygens (including phenoxy) is 1. The van der Waals surface area contributed by atoms with Crippen LogP contribution in [0.15, 0.2) is 48.8 Å². The van der Waals surface area contributed by atoms with E-state index in [1.54, 1.807) is 12.1 Å². The highest BCUT2D eigenvalue weighted by Crippen LogP contribution is 2.14. The van der Waals surface area contributed by atoms with Crippen molar-refractivity contribution in [3.8, 4) is 5.69 Å². The molecule has 2 aromatic carbocycles. The fourth-order valence-corrected chi connectivity index (χ4v) is 2.20. The van der Waals surface area contributed by atoms with Crippen LogP contribution in [-0.4, -0.2) is 38.1 Å². The van der Waals surface area contributed by atoms with Crippen molar-refractivity contribution in [3.05, 3.63) is 71.6 Å². The van der Waals surface area contributed by atoms with Gasteiger partial charge in [0.15, 0.2) is 17.7 Å². The zero-order chi connectivity index (χ0) is 18.7. The number of hydrogen-bond donors (Lipinski definition) is 0. The Labute approximate surface area is 146 Å². The number of aromatic nitrogens is 4. The van der Waals surface area contributed by atoms with Crippen molar-refractivity contribution in [2.24, 2.45) is 0 Å². The molecule has 0 spiro atoms.